The lowest BCUT2D eigenvalue weighted by atomic mass is 10.2. The molecule has 0 aliphatic carbocycles. The molecule has 1 amide bonds. The summed E-state index contributed by atoms with van der Waals surface area (Å²) in [6.45, 7) is 2.11. The van der Waals surface area contributed by atoms with Crippen molar-refractivity contribution in [3.63, 3.8) is 0 Å². The molecule has 3 rings (SSSR count). The van der Waals surface area contributed by atoms with Gasteiger partial charge in [-0.3, -0.25) is 4.79 Å². The maximum Gasteiger partial charge on any atom is 0.274 e. The van der Waals surface area contributed by atoms with Gasteiger partial charge < -0.3 is 14.8 Å². The van der Waals surface area contributed by atoms with Gasteiger partial charge >= 0.3 is 0 Å². The normalized spacial score (nSPS) is 10.5. The van der Waals surface area contributed by atoms with Crippen LogP contribution in [0.3, 0.4) is 0 Å². The van der Waals surface area contributed by atoms with Gasteiger partial charge in [0.15, 0.2) is 5.69 Å². The van der Waals surface area contributed by atoms with Gasteiger partial charge in [-0.15, -0.1) is 5.10 Å². The molecular weight excluding hydrogens is 412 g/mol. The van der Waals surface area contributed by atoms with E-state index < -0.39 is 0 Å². The molecule has 0 fully saturated rings. The number of ether oxygens (including phenoxy) is 2. The molecular formula is C19H19BrN4O3. The third-order valence-corrected chi connectivity index (χ3v) is 4.64. The summed E-state index contributed by atoms with van der Waals surface area (Å²) in [7, 11) is 3.17. The van der Waals surface area contributed by atoms with Crippen LogP contribution < -0.4 is 14.8 Å². The van der Waals surface area contributed by atoms with Crippen LogP contribution in [-0.4, -0.2) is 35.1 Å². The van der Waals surface area contributed by atoms with Crippen LogP contribution in [0.5, 0.6) is 11.5 Å². The molecule has 2 aromatic carbocycles. The molecule has 0 unspecified atom stereocenters. The van der Waals surface area contributed by atoms with E-state index in [1.54, 1.807) is 25.0 Å². The number of carbonyl (C=O) groups is 1. The van der Waals surface area contributed by atoms with E-state index in [2.05, 4.69) is 31.6 Å². The highest BCUT2D eigenvalue weighted by Gasteiger charge is 2.17. The van der Waals surface area contributed by atoms with E-state index in [0.29, 0.717) is 23.7 Å². The lowest BCUT2D eigenvalue weighted by Crippen LogP contribution is -2.24. The second kappa shape index (κ2) is 8.22. The number of benzene rings is 2. The van der Waals surface area contributed by atoms with Gasteiger partial charge in [0, 0.05) is 22.6 Å². The monoisotopic (exact) mass is 430 g/mol. The number of nitrogens with one attached hydrogen (secondary N) is 1. The SMILES string of the molecule is COc1ccc(CNC(=O)c2nnn(-c3ccc(Br)cc3)c2C)c(OC)c1. The van der Waals surface area contributed by atoms with Crippen molar-refractivity contribution in [2.24, 2.45) is 0 Å². The summed E-state index contributed by atoms with van der Waals surface area (Å²) in [4.78, 5) is 12.6. The van der Waals surface area contributed by atoms with Crippen molar-refractivity contribution in [1.82, 2.24) is 20.3 Å². The highest BCUT2D eigenvalue weighted by Crippen LogP contribution is 2.24. The molecule has 140 valence electrons. The lowest BCUT2D eigenvalue weighted by Gasteiger charge is -2.11. The van der Waals surface area contributed by atoms with Crippen LogP contribution in [-0.2, 0) is 6.54 Å². The Kier molecular flexibility index (Phi) is 5.75. The molecule has 27 heavy (non-hydrogen) atoms. The average molecular weight is 431 g/mol. The predicted octanol–water partition coefficient (Wildman–Crippen LogP) is 3.29. The topological polar surface area (TPSA) is 78.3 Å². The van der Waals surface area contributed by atoms with Gasteiger partial charge in [0.05, 0.1) is 25.6 Å². The molecule has 0 bridgehead atoms. The summed E-state index contributed by atoms with van der Waals surface area (Å²) in [5, 5.41) is 11.0. The van der Waals surface area contributed by atoms with Crippen LogP contribution in [0.1, 0.15) is 21.7 Å². The number of carbonyl (C=O) groups excluding carboxylic acids is 1. The third-order valence-electron chi connectivity index (χ3n) is 4.11. The van der Waals surface area contributed by atoms with Crippen molar-refractivity contribution in [3.05, 3.63) is 63.9 Å². The Hall–Kier alpha value is -2.87. The first-order valence-corrected chi connectivity index (χ1v) is 9.00. The molecule has 0 radical (unpaired) electrons. The van der Waals surface area contributed by atoms with Gasteiger partial charge in [-0.1, -0.05) is 21.1 Å². The number of halogens is 1. The molecule has 0 spiro atoms. The second-order valence-electron chi connectivity index (χ2n) is 5.77. The van der Waals surface area contributed by atoms with Crippen molar-refractivity contribution in [2.75, 3.05) is 14.2 Å². The van der Waals surface area contributed by atoms with E-state index >= 15 is 0 Å². The molecule has 8 heteroatoms. The summed E-state index contributed by atoms with van der Waals surface area (Å²) >= 11 is 3.40. The smallest absolute Gasteiger partial charge is 0.274 e. The molecule has 1 heterocycles. The Bertz CT molecular complexity index is 954. The van der Waals surface area contributed by atoms with Gasteiger partial charge in [-0.25, -0.2) is 4.68 Å². The maximum atomic E-state index is 12.6. The summed E-state index contributed by atoms with van der Waals surface area (Å²) in [6, 6.07) is 13.1. The first-order chi connectivity index (χ1) is 13.0. The zero-order valence-corrected chi connectivity index (χ0v) is 16.8. The highest BCUT2D eigenvalue weighted by atomic mass is 79.9. The zero-order valence-electron chi connectivity index (χ0n) is 15.2. The van der Waals surface area contributed by atoms with Crippen molar-refractivity contribution in [2.45, 2.75) is 13.5 Å². The number of amides is 1. The zero-order chi connectivity index (χ0) is 19.4. The third kappa shape index (κ3) is 4.11. The van der Waals surface area contributed by atoms with Crippen molar-refractivity contribution >= 4 is 21.8 Å². The van der Waals surface area contributed by atoms with E-state index in [1.807, 2.05) is 43.3 Å². The fourth-order valence-electron chi connectivity index (χ4n) is 2.62. The molecule has 0 aliphatic rings. The fraction of sp³-hybridized carbons (Fsp3) is 0.211. The minimum Gasteiger partial charge on any atom is -0.497 e. The van der Waals surface area contributed by atoms with Gasteiger partial charge in [0.1, 0.15) is 11.5 Å². The molecule has 0 saturated heterocycles. The molecule has 1 aromatic heterocycles. The van der Waals surface area contributed by atoms with Gasteiger partial charge in [0.2, 0.25) is 0 Å². The Labute approximate surface area is 165 Å². The summed E-state index contributed by atoms with van der Waals surface area (Å²) in [5.74, 6) is 1.04. The first-order valence-electron chi connectivity index (χ1n) is 8.21. The predicted molar refractivity (Wildman–Crippen MR) is 105 cm³/mol. The number of rotatable bonds is 6. The van der Waals surface area contributed by atoms with Gasteiger partial charge in [-0.2, -0.15) is 0 Å². The van der Waals surface area contributed by atoms with Crippen LogP contribution in [0.25, 0.3) is 5.69 Å². The van der Waals surface area contributed by atoms with E-state index in [0.717, 1.165) is 15.7 Å². The van der Waals surface area contributed by atoms with E-state index in [1.165, 1.54) is 0 Å². The Morgan fingerprint density at radius 3 is 2.56 bits per heavy atom. The van der Waals surface area contributed by atoms with E-state index in [-0.39, 0.29) is 11.6 Å². The maximum absolute atomic E-state index is 12.6. The molecule has 3 aromatic rings. The summed E-state index contributed by atoms with van der Waals surface area (Å²) in [6.07, 6.45) is 0. The Morgan fingerprint density at radius 2 is 1.89 bits per heavy atom. The van der Waals surface area contributed by atoms with Crippen molar-refractivity contribution < 1.29 is 14.3 Å². The van der Waals surface area contributed by atoms with Crippen LogP contribution in [0, 0.1) is 6.92 Å². The molecule has 7 nitrogen and oxygen atoms in total. The van der Waals surface area contributed by atoms with Crippen molar-refractivity contribution in [3.8, 4) is 17.2 Å². The minimum absolute atomic E-state index is 0.283. The van der Waals surface area contributed by atoms with Crippen molar-refractivity contribution in [1.29, 1.82) is 0 Å². The number of nitrogens with zero attached hydrogens (tertiary/aromatic N) is 3. The molecule has 1 N–H and O–H groups in total. The fourth-order valence-corrected chi connectivity index (χ4v) is 2.89. The van der Waals surface area contributed by atoms with E-state index in [4.69, 9.17) is 9.47 Å². The second-order valence-corrected chi connectivity index (χ2v) is 6.69. The molecule has 0 atom stereocenters. The first kappa shape index (κ1) is 18.9. The summed E-state index contributed by atoms with van der Waals surface area (Å²) in [5.41, 5.74) is 2.62. The van der Waals surface area contributed by atoms with Gasteiger partial charge in [0.25, 0.3) is 5.91 Å². The molecule has 0 aliphatic heterocycles. The summed E-state index contributed by atoms with van der Waals surface area (Å²) < 4.78 is 13.1. The largest absolute Gasteiger partial charge is 0.497 e. The number of hydrogen-bond acceptors (Lipinski definition) is 5. The minimum atomic E-state index is -0.297. The highest BCUT2D eigenvalue weighted by molar-refractivity contribution is 9.10. The van der Waals surface area contributed by atoms with E-state index in [9.17, 15) is 4.79 Å². The lowest BCUT2D eigenvalue weighted by molar-refractivity contribution is 0.0945. The number of hydrogen-bond donors (Lipinski definition) is 1. The van der Waals surface area contributed by atoms with Crippen LogP contribution >= 0.6 is 15.9 Å². The van der Waals surface area contributed by atoms with Gasteiger partial charge in [-0.05, 0) is 43.3 Å². The number of aromatic nitrogens is 3. The Morgan fingerprint density at radius 1 is 1.15 bits per heavy atom. The quantitative estimate of drug-likeness (QED) is 0.648. The standard InChI is InChI=1S/C19H19BrN4O3/c1-12-18(22-23-24(12)15-7-5-14(20)6-8-15)19(25)21-11-13-4-9-16(26-2)10-17(13)27-3/h4-10H,11H2,1-3H3,(H,21,25). The van der Waals surface area contributed by atoms with Crippen LogP contribution in [0.4, 0.5) is 0 Å². The Balaban J connectivity index is 1.75. The number of methoxy groups -OCH3 is 2. The molecule has 0 saturated carbocycles. The van der Waals surface area contributed by atoms with Crippen LogP contribution in [0.15, 0.2) is 46.9 Å². The van der Waals surface area contributed by atoms with Crippen LogP contribution in [0.2, 0.25) is 0 Å². The average Bonchev–Trinajstić information content (AvgIpc) is 3.08.